The zero-order valence-corrected chi connectivity index (χ0v) is 13.4. The van der Waals surface area contributed by atoms with Crippen LogP contribution >= 0.6 is 23.2 Å². The highest BCUT2D eigenvalue weighted by Gasteiger charge is 2.21. The molecule has 1 heterocycles. The van der Waals surface area contributed by atoms with E-state index in [1.807, 2.05) is 12.1 Å². The van der Waals surface area contributed by atoms with Gasteiger partial charge in [0.15, 0.2) is 0 Å². The fourth-order valence-corrected chi connectivity index (χ4v) is 3.24. The Kier molecular flexibility index (Phi) is 4.69. The molecule has 0 atom stereocenters. The Morgan fingerprint density at radius 2 is 1.62 bits per heavy atom. The summed E-state index contributed by atoms with van der Waals surface area (Å²) in [6.07, 6.45) is 0. The van der Waals surface area contributed by atoms with Crippen LogP contribution in [0.3, 0.4) is 0 Å². The molecular formula is C17H19Cl2N2+. The van der Waals surface area contributed by atoms with E-state index in [0.717, 1.165) is 38.3 Å². The molecule has 0 radical (unpaired) electrons. The SMILES string of the molecule is Clc1cccc(C[NH+]2CCN(c3ccccc3)CC2)c1Cl. The molecule has 0 aromatic heterocycles. The summed E-state index contributed by atoms with van der Waals surface area (Å²) in [5.41, 5.74) is 2.46. The average molecular weight is 322 g/mol. The van der Waals surface area contributed by atoms with Gasteiger partial charge < -0.3 is 9.80 Å². The summed E-state index contributed by atoms with van der Waals surface area (Å²) in [5, 5.41) is 1.36. The third kappa shape index (κ3) is 3.52. The first kappa shape index (κ1) is 14.7. The van der Waals surface area contributed by atoms with E-state index in [0.29, 0.717) is 10.0 Å². The molecule has 2 nitrogen and oxygen atoms in total. The van der Waals surface area contributed by atoms with Gasteiger partial charge in [0.05, 0.1) is 36.2 Å². The van der Waals surface area contributed by atoms with Crippen LogP contribution in [0.4, 0.5) is 5.69 Å². The molecule has 0 unspecified atom stereocenters. The highest BCUT2D eigenvalue weighted by Crippen LogP contribution is 2.24. The molecule has 2 aromatic carbocycles. The van der Waals surface area contributed by atoms with E-state index in [4.69, 9.17) is 23.2 Å². The smallest absolute Gasteiger partial charge is 0.104 e. The molecule has 1 aliphatic rings. The van der Waals surface area contributed by atoms with Crippen LogP contribution in [0, 0.1) is 0 Å². The second kappa shape index (κ2) is 6.69. The number of para-hydroxylation sites is 1. The molecule has 1 saturated heterocycles. The topological polar surface area (TPSA) is 7.68 Å². The second-order valence-corrected chi connectivity index (χ2v) is 6.25. The summed E-state index contributed by atoms with van der Waals surface area (Å²) >= 11 is 12.4. The molecule has 2 aromatic rings. The summed E-state index contributed by atoms with van der Waals surface area (Å²) < 4.78 is 0. The first-order valence-electron chi connectivity index (χ1n) is 7.30. The molecule has 0 amide bonds. The van der Waals surface area contributed by atoms with E-state index < -0.39 is 0 Å². The normalized spacial score (nSPS) is 16.2. The average Bonchev–Trinajstić information content (AvgIpc) is 2.53. The maximum Gasteiger partial charge on any atom is 0.104 e. The van der Waals surface area contributed by atoms with E-state index in [2.05, 4.69) is 41.3 Å². The largest absolute Gasteiger partial charge is 0.360 e. The summed E-state index contributed by atoms with van der Waals surface area (Å²) in [6, 6.07) is 16.5. The van der Waals surface area contributed by atoms with Crippen molar-refractivity contribution in [1.29, 1.82) is 0 Å². The number of quaternary nitrogens is 1. The monoisotopic (exact) mass is 321 g/mol. The van der Waals surface area contributed by atoms with Gasteiger partial charge in [-0.05, 0) is 18.2 Å². The molecule has 3 rings (SSSR count). The van der Waals surface area contributed by atoms with Gasteiger partial charge in [0.1, 0.15) is 6.54 Å². The predicted molar refractivity (Wildman–Crippen MR) is 89.5 cm³/mol. The Balaban J connectivity index is 1.60. The Morgan fingerprint density at radius 3 is 2.33 bits per heavy atom. The van der Waals surface area contributed by atoms with Gasteiger partial charge in [-0.15, -0.1) is 0 Å². The minimum Gasteiger partial charge on any atom is -0.360 e. The van der Waals surface area contributed by atoms with Crippen LogP contribution in [0.15, 0.2) is 48.5 Å². The molecule has 4 heteroatoms. The lowest BCUT2D eigenvalue weighted by Crippen LogP contribution is -3.13. The number of rotatable bonds is 3. The van der Waals surface area contributed by atoms with Gasteiger partial charge in [-0.25, -0.2) is 0 Å². The molecule has 21 heavy (non-hydrogen) atoms. The molecule has 0 bridgehead atoms. The number of anilines is 1. The Hall–Kier alpha value is -1.22. The van der Waals surface area contributed by atoms with Crippen molar-refractivity contribution in [3.05, 3.63) is 64.1 Å². The molecule has 0 saturated carbocycles. The fraction of sp³-hybridized carbons (Fsp3) is 0.294. The minimum atomic E-state index is 0.650. The van der Waals surface area contributed by atoms with Gasteiger partial charge >= 0.3 is 0 Å². The summed E-state index contributed by atoms with van der Waals surface area (Å²) in [4.78, 5) is 4.01. The van der Waals surface area contributed by atoms with Gasteiger partial charge in [0, 0.05) is 11.3 Å². The standard InChI is InChI=1S/C17H18Cl2N2/c18-16-8-4-5-14(17(16)19)13-20-9-11-21(12-10-20)15-6-2-1-3-7-15/h1-8H,9-13H2/p+1. The van der Waals surface area contributed by atoms with Gasteiger partial charge in [0.2, 0.25) is 0 Å². The second-order valence-electron chi connectivity index (χ2n) is 5.46. The van der Waals surface area contributed by atoms with Crippen LogP contribution in [0.25, 0.3) is 0 Å². The van der Waals surface area contributed by atoms with Gasteiger partial charge in [-0.3, -0.25) is 0 Å². The van der Waals surface area contributed by atoms with E-state index in [9.17, 15) is 0 Å². The molecule has 0 aliphatic carbocycles. The van der Waals surface area contributed by atoms with Crippen LogP contribution in [0.5, 0.6) is 0 Å². The quantitative estimate of drug-likeness (QED) is 0.913. The molecule has 1 aliphatic heterocycles. The van der Waals surface area contributed by atoms with E-state index in [1.165, 1.54) is 5.69 Å². The third-order valence-corrected chi connectivity index (χ3v) is 4.92. The molecular weight excluding hydrogens is 303 g/mol. The zero-order chi connectivity index (χ0) is 14.7. The first-order chi connectivity index (χ1) is 10.2. The molecule has 1 fully saturated rings. The number of piperazine rings is 1. The maximum absolute atomic E-state index is 6.28. The Morgan fingerprint density at radius 1 is 0.905 bits per heavy atom. The van der Waals surface area contributed by atoms with Crippen molar-refractivity contribution in [2.24, 2.45) is 0 Å². The lowest BCUT2D eigenvalue weighted by atomic mass is 10.2. The van der Waals surface area contributed by atoms with Crippen molar-refractivity contribution in [2.75, 3.05) is 31.1 Å². The minimum absolute atomic E-state index is 0.650. The molecule has 0 spiro atoms. The highest BCUT2D eigenvalue weighted by molar-refractivity contribution is 6.42. The summed E-state index contributed by atoms with van der Waals surface area (Å²) in [5.74, 6) is 0. The Labute approximate surface area is 135 Å². The maximum atomic E-state index is 6.28. The molecule has 1 N–H and O–H groups in total. The summed E-state index contributed by atoms with van der Waals surface area (Å²) in [7, 11) is 0. The molecule has 110 valence electrons. The van der Waals surface area contributed by atoms with Crippen molar-refractivity contribution in [2.45, 2.75) is 6.54 Å². The van der Waals surface area contributed by atoms with E-state index in [1.54, 1.807) is 4.90 Å². The summed E-state index contributed by atoms with van der Waals surface area (Å²) in [6.45, 7) is 5.35. The van der Waals surface area contributed by atoms with Gasteiger partial charge in [0.25, 0.3) is 0 Å². The van der Waals surface area contributed by atoms with E-state index >= 15 is 0 Å². The zero-order valence-electron chi connectivity index (χ0n) is 11.9. The van der Waals surface area contributed by atoms with Crippen molar-refractivity contribution in [3.8, 4) is 0 Å². The highest BCUT2D eigenvalue weighted by atomic mass is 35.5. The fourth-order valence-electron chi connectivity index (χ4n) is 2.85. The number of halogens is 2. The number of hydrogen-bond acceptors (Lipinski definition) is 1. The lowest BCUT2D eigenvalue weighted by molar-refractivity contribution is -0.914. The van der Waals surface area contributed by atoms with Crippen molar-refractivity contribution in [3.63, 3.8) is 0 Å². The first-order valence-corrected chi connectivity index (χ1v) is 8.06. The van der Waals surface area contributed by atoms with Crippen LogP contribution < -0.4 is 9.80 Å². The van der Waals surface area contributed by atoms with Crippen LogP contribution in [0.1, 0.15) is 5.56 Å². The van der Waals surface area contributed by atoms with Gasteiger partial charge in [-0.1, -0.05) is 53.5 Å². The van der Waals surface area contributed by atoms with Crippen molar-refractivity contribution < 1.29 is 4.90 Å². The van der Waals surface area contributed by atoms with Crippen LogP contribution in [-0.4, -0.2) is 26.2 Å². The van der Waals surface area contributed by atoms with Crippen LogP contribution in [0.2, 0.25) is 10.0 Å². The number of hydrogen-bond donors (Lipinski definition) is 1. The van der Waals surface area contributed by atoms with Crippen molar-refractivity contribution in [1.82, 2.24) is 0 Å². The number of nitrogens with zero attached hydrogens (tertiary/aromatic N) is 1. The van der Waals surface area contributed by atoms with Gasteiger partial charge in [-0.2, -0.15) is 0 Å². The predicted octanol–water partition coefficient (Wildman–Crippen LogP) is 2.90. The van der Waals surface area contributed by atoms with Crippen molar-refractivity contribution >= 4 is 28.9 Å². The lowest BCUT2D eigenvalue weighted by Gasteiger charge is -2.33. The number of benzene rings is 2. The Bertz CT molecular complexity index is 593. The third-order valence-electron chi connectivity index (χ3n) is 4.06. The van der Waals surface area contributed by atoms with Crippen LogP contribution in [-0.2, 0) is 6.54 Å². The number of nitrogens with one attached hydrogen (secondary N) is 1. The van der Waals surface area contributed by atoms with E-state index in [-0.39, 0.29) is 0 Å².